The van der Waals surface area contributed by atoms with Gasteiger partial charge in [-0.15, -0.1) is 5.10 Å². The Kier molecular flexibility index (Phi) is 7.43. The zero-order valence-corrected chi connectivity index (χ0v) is 11.4. The third-order valence-corrected chi connectivity index (χ3v) is 3.17. The zero-order chi connectivity index (χ0) is 13.2. The van der Waals surface area contributed by atoms with E-state index in [1.807, 2.05) is 11.8 Å². The van der Waals surface area contributed by atoms with Crippen LogP contribution in [0.4, 0.5) is 0 Å². The smallest absolute Gasteiger partial charge is 0.358 e. The minimum absolute atomic E-state index is 0.00735. The quantitative estimate of drug-likeness (QED) is 0.621. The summed E-state index contributed by atoms with van der Waals surface area (Å²) < 4.78 is 1.55. The van der Waals surface area contributed by atoms with Gasteiger partial charge in [-0.3, -0.25) is 4.68 Å². The molecule has 0 aliphatic carbocycles. The largest absolute Gasteiger partial charge is 0.476 e. The summed E-state index contributed by atoms with van der Waals surface area (Å²) >= 11 is 1.88. The van der Waals surface area contributed by atoms with Crippen LogP contribution in [0.3, 0.4) is 0 Å². The number of unbranched alkanes of at least 4 members (excludes halogenated alkanes) is 2. The van der Waals surface area contributed by atoms with Crippen LogP contribution in [0.5, 0.6) is 0 Å². The number of carboxylic acid groups (broad SMARTS) is 1. The first kappa shape index (κ1) is 15.0. The van der Waals surface area contributed by atoms with Gasteiger partial charge in [0, 0.05) is 6.54 Å². The van der Waals surface area contributed by atoms with Crippen LogP contribution >= 0.6 is 11.8 Å². The topological polar surface area (TPSA) is 80.0 Å². The molecule has 0 saturated heterocycles. The van der Waals surface area contributed by atoms with E-state index in [4.69, 9.17) is 5.11 Å². The van der Waals surface area contributed by atoms with E-state index in [2.05, 4.69) is 21.9 Å². The number of rotatable bonds is 10. The van der Waals surface area contributed by atoms with Crippen LogP contribution < -0.4 is 5.32 Å². The molecule has 1 aromatic rings. The summed E-state index contributed by atoms with van der Waals surface area (Å²) in [7, 11) is 0. The van der Waals surface area contributed by atoms with E-state index in [0.717, 1.165) is 13.1 Å². The van der Waals surface area contributed by atoms with Gasteiger partial charge in [0.1, 0.15) is 0 Å². The van der Waals surface area contributed by atoms with Gasteiger partial charge < -0.3 is 10.4 Å². The minimum atomic E-state index is -1.04. The highest BCUT2D eigenvalue weighted by Crippen LogP contribution is 2.01. The molecular formula is C11H20N4O2S. The van der Waals surface area contributed by atoms with Gasteiger partial charge in [0.25, 0.3) is 0 Å². The molecule has 18 heavy (non-hydrogen) atoms. The van der Waals surface area contributed by atoms with Crippen molar-refractivity contribution in [2.24, 2.45) is 0 Å². The lowest BCUT2D eigenvalue weighted by molar-refractivity contribution is 0.0690. The normalized spacial score (nSPS) is 10.7. The third-order valence-electron chi connectivity index (χ3n) is 2.48. The van der Waals surface area contributed by atoms with E-state index in [0.29, 0.717) is 6.54 Å². The first-order valence-electron chi connectivity index (χ1n) is 6.07. The molecule has 0 aliphatic heterocycles. The van der Waals surface area contributed by atoms with Crippen molar-refractivity contribution in [2.45, 2.75) is 25.8 Å². The molecule has 2 N–H and O–H groups in total. The number of carbonyl (C=O) groups is 1. The Hall–Kier alpha value is -1.08. The molecule has 1 aromatic heterocycles. The predicted octanol–water partition coefficient (Wildman–Crippen LogP) is 1.10. The van der Waals surface area contributed by atoms with Crippen molar-refractivity contribution in [3.8, 4) is 0 Å². The van der Waals surface area contributed by atoms with Crippen LogP contribution in [0.25, 0.3) is 0 Å². The van der Waals surface area contributed by atoms with Crippen molar-refractivity contribution in [1.82, 2.24) is 20.3 Å². The monoisotopic (exact) mass is 272 g/mol. The summed E-state index contributed by atoms with van der Waals surface area (Å²) in [5.41, 5.74) is -0.00735. The molecule has 0 amide bonds. The number of hydrogen-bond donors (Lipinski definition) is 2. The van der Waals surface area contributed by atoms with Gasteiger partial charge in [0.15, 0.2) is 5.69 Å². The molecule has 0 fully saturated rings. The number of aromatic carboxylic acids is 1. The molecule has 1 heterocycles. The van der Waals surface area contributed by atoms with Crippen LogP contribution in [0.1, 0.15) is 29.8 Å². The van der Waals surface area contributed by atoms with Gasteiger partial charge >= 0.3 is 5.97 Å². The average Bonchev–Trinajstić information content (AvgIpc) is 2.81. The highest BCUT2D eigenvalue weighted by molar-refractivity contribution is 7.98. The molecule has 0 aromatic carbocycles. The van der Waals surface area contributed by atoms with Gasteiger partial charge in [0.2, 0.25) is 0 Å². The van der Waals surface area contributed by atoms with E-state index in [9.17, 15) is 4.79 Å². The van der Waals surface area contributed by atoms with E-state index in [1.54, 1.807) is 4.68 Å². The molecule has 1 rings (SSSR count). The van der Waals surface area contributed by atoms with Gasteiger partial charge in [0.05, 0.1) is 12.7 Å². The molecule has 0 unspecified atom stereocenters. The molecule has 0 radical (unpaired) electrons. The Bertz CT molecular complexity index is 357. The first-order valence-corrected chi connectivity index (χ1v) is 7.46. The summed E-state index contributed by atoms with van der Waals surface area (Å²) in [5.74, 6) is 0.194. The Labute approximate surface area is 111 Å². The van der Waals surface area contributed by atoms with Crippen molar-refractivity contribution >= 4 is 17.7 Å². The average molecular weight is 272 g/mol. The fourth-order valence-corrected chi connectivity index (χ4v) is 1.99. The Balaban J connectivity index is 2.02. The van der Waals surface area contributed by atoms with Crippen LogP contribution in [-0.2, 0) is 6.54 Å². The number of hydrogen-bond acceptors (Lipinski definition) is 5. The molecule has 0 saturated carbocycles. The number of thioether (sulfide) groups is 1. The van der Waals surface area contributed by atoms with Crippen LogP contribution in [-0.4, -0.2) is 51.2 Å². The molecule has 0 atom stereocenters. The molecule has 0 aliphatic rings. The predicted molar refractivity (Wildman–Crippen MR) is 72.1 cm³/mol. The standard InChI is InChI=1S/C11H20N4O2S/c1-18-8-4-2-3-5-12-6-7-15-9-10(11(16)17)13-14-15/h9,12H,2-8H2,1H3,(H,16,17). The fourth-order valence-electron chi connectivity index (χ4n) is 1.50. The van der Waals surface area contributed by atoms with Crippen LogP contribution in [0.2, 0.25) is 0 Å². The zero-order valence-electron chi connectivity index (χ0n) is 10.6. The highest BCUT2D eigenvalue weighted by atomic mass is 32.2. The van der Waals surface area contributed by atoms with Crippen LogP contribution in [0.15, 0.2) is 6.20 Å². The lowest BCUT2D eigenvalue weighted by Gasteiger charge is -2.04. The van der Waals surface area contributed by atoms with E-state index >= 15 is 0 Å². The number of aromatic nitrogens is 3. The summed E-state index contributed by atoms with van der Waals surface area (Å²) in [5, 5.41) is 19.3. The van der Waals surface area contributed by atoms with Crippen molar-refractivity contribution in [2.75, 3.05) is 25.1 Å². The van der Waals surface area contributed by atoms with Gasteiger partial charge in [-0.05, 0) is 31.4 Å². The Morgan fingerprint density at radius 1 is 1.44 bits per heavy atom. The van der Waals surface area contributed by atoms with E-state index < -0.39 is 5.97 Å². The second kappa shape index (κ2) is 8.93. The first-order chi connectivity index (χ1) is 8.74. The lowest BCUT2D eigenvalue weighted by atomic mass is 10.2. The Morgan fingerprint density at radius 2 is 2.28 bits per heavy atom. The second-order valence-electron chi connectivity index (χ2n) is 3.98. The van der Waals surface area contributed by atoms with Crippen molar-refractivity contribution < 1.29 is 9.90 Å². The summed E-state index contributed by atoms with van der Waals surface area (Å²) in [4.78, 5) is 10.6. The van der Waals surface area contributed by atoms with Crippen molar-refractivity contribution in [3.05, 3.63) is 11.9 Å². The Morgan fingerprint density at radius 3 is 2.94 bits per heavy atom. The second-order valence-corrected chi connectivity index (χ2v) is 4.96. The maximum atomic E-state index is 10.6. The third kappa shape index (κ3) is 6.02. The van der Waals surface area contributed by atoms with Gasteiger partial charge in [-0.2, -0.15) is 11.8 Å². The molecule has 7 heteroatoms. The maximum absolute atomic E-state index is 10.6. The molecular weight excluding hydrogens is 252 g/mol. The molecule has 102 valence electrons. The van der Waals surface area contributed by atoms with Gasteiger partial charge in [-0.25, -0.2) is 4.79 Å². The highest BCUT2D eigenvalue weighted by Gasteiger charge is 2.07. The number of carboxylic acids is 1. The minimum Gasteiger partial charge on any atom is -0.476 e. The van der Waals surface area contributed by atoms with E-state index in [-0.39, 0.29) is 5.69 Å². The van der Waals surface area contributed by atoms with Gasteiger partial charge in [-0.1, -0.05) is 11.6 Å². The van der Waals surface area contributed by atoms with Crippen molar-refractivity contribution in [1.29, 1.82) is 0 Å². The van der Waals surface area contributed by atoms with Crippen molar-refractivity contribution in [3.63, 3.8) is 0 Å². The lowest BCUT2D eigenvalue weighted by Crippen LogP contribution is -2.21. The molecule has 0 spiro atoms. The molecule has 6 nitrogen and oxygen atoms in total. The molecule has 0 bridgehead atoms. The summed E-state index contributed by atoms with van der Waals surface area (Å²) in [6.07, 6.45) is 7.27. The number of nitrogens with zero attached hydrogens (tertiary/aromatic N) is 3. The fraction of sp³-hybridized carbons (Fsp3) is 0.727. The SMILES string of the molecule is CSCCCCCNCCn1cc(C(=O)O)nn1. The van der Waals surface area contributed by atoms with Crippen LogP contribution in [0, 0.1) is 0 Å². The number of nitrogens with one attached hydrogen (secondary N) is 1. The summed E-state index contributed by atoms with van der Waals surface area (Å²) in [6.45, 7) is 2.42. The maximum Gasteiger partial charge on any atom is 0.358 e. The van der Waals surface area contributed by atoms with E-state index in [1.165, 1.54) is 31.2 Å². The summed E-state index contributed by atoms with van der Waals surface area (Å²) in [6, 6.07) is 0.